The third-order valence-electron chi connectivity index (χ3n) is 3.57. The Morgan fingerprint density at radius 3 is 2.65 bits per heavy atom. The first-order valence-electron chi connectivity index (χ1n) is 6.95. The molecule has 0 radical (unpaired) electrons. The molecule has 0 aliphatic carbocycles. The lowest BCUT2D eigenvalue weighted by Crippen LogP contribution is -2.44. The monoisotopic (exact) mass is 316 g/mol. The van der Waals surface area contributed by atoms with Gasteiger partial charge < -0.3 is 10.4 Å². The minimum atomic E-state index is -1.38. The Kier molecular flexibility index (Phi) is 3.88. The summed E-state index contributed by atoms with van der Waals surface area (Å²) >= 11 is 0. The Morgan fingerprint density at radius 2 is 2.09 bits per heavy atom. The van der Waals surface area contributed by atoms with Crippen LogP contribution in [0.25, 0.3) is 11.4 Å². The summed E-state index contributed by atoms with van der Waals surface area (Å²) in [6.07, 6.45) is 1.98. The molecular formula is C15H13FN4O3. The van der Waals surface area contributed by atoms with E-state index in [0.29, 0.717) is 24.4 Å². The molecule has 7 nitrogen and oxygen atoms in total. The van der Waals surface area contributed by atoms with Gasteiger partial charge in [-0.2, -0.15) is 0 Å². The summed E-state index contributed by atoms with van der Waals surface area (Å²) < 4.78 is 14.4. The molecule has 0 saturated carbocycles. The quantitative estimate of drug-likeness (QED) is 0.898. The van der Waals surface area contributed by atoms with Gasteiger partial charge in [0, 0.05) is 24.5 Å². The topological polar surface area (TPSA) is 95.4 Å². The molecule has 118 valence electrons. The van der Waals surface area contributed by atoms with Crippen LogP contribution in [0.2, 0.25) is 0 Å². The summed E-state index contributed by atoms with van der Waals surface area (Å²) in [7, 11) is 0. The Bertz CT molecular complexity index is 754. The van der Waals surface area contributed by atoms with E-state index >= 15 is 0 Å². The smallest absolute Gasteiger partial charge is 0.412 e. The molecule has 1 atom stereocenters. The van der Waals surface area contributed by atoms with Gasteiger partial charge in [-0.15, -0.1) is 0 Å². The second-order valence-corrected chi connectivity index (χ2v) is 4.99. The molecule has 0 spiro atoms. The van der Waals surface area contributed by atoms with E-state index in [1.54, 1.807) is 6.07 Å². The van der Waals surface area contributed by atoms with Crippen LogP contribution in [0.15, 0.2) is 36.7 Å². The second kappa shape index (κ2) is 5.99. The number of carbonyl (C=O) groups is 2. The van der Waals surface area contributed by atoms with Crippen molar-refractivity contribution >= 4 is 17.7 Å². The van der Waals surface area contributed by atoms with Crippen molar-refractivity contribution in [3.63, 3.8) is 0 Å². The van der Waals surface area contributed by atoms with Gasteiger partial charge in [0.1, 0.15) is 11.9 Å². The van der Waals surface area contributed by atoms with Gasteiger partial charge in [-0.25, -0.2) is 19.2 Å². The van der Waals surface area contributed by atoms with Crippen LogP contribution in [0, 0.1) is 5.82 Å². The molecule has 1 unspecified atom stereocenters. The van der Waals surface area contributed by atoms with Crippen molar-refractivity contribution in [3.8, 4) is 11.4 Å². The molecular weight excluding hydrogens is 303 g/mol. The summed E-state index contributed by atoms with van der Waals surface area (Å²) in [6, 6.07) is 4.71. The van der Waals surface area contributed by atoms with E-state index in [1.165, 1.54) is 24.5 Å². The van der Waals surface area contributed by atoms with Crippen molar-refractivity contribution in [1.82, 2.24) is 15.3 Å². The number of halogens is 1. The lowest BCUT2D eigenvalue weighted by Gasteiger charge is -2.24. The van der Waals surface area contributed by atoms with Crippen LogP contribution in [0.5, 0.6) is 0 Å². The first-order chi connectivity index (χ1) is 11.1. The summed E-state index contributed by atoms with van der Waals surface area (Å²) in [5.41, 5.74) is 0.257. The van der Waals surface area contributed by atoms with Gasteiger partial charge in [0.15, 0.2) is 5.82 Å². The maximum atomic E-state index is 14.4. The van der Waals surface area contributed by atoms with Crippen LogP contribution in [0.3, 0.4) is 0 Å². The highest BCUT2D eigenvalue weighted by molar-refractivity contribution is 5.97. The van der Waals surface area contributed by atoms with Crippen molar-refractivity contribution in [3.05, 3.63) is 42.5 Å². The number of anilines is 1. The zero-order chi connectivity index (χ0) is 16.4. The molecule has 1 aromatic carbocycles. The van der Waals surface area contributed by atoms with Gasteiger partial charge >= 0.3 is 6.09 Å². The van der Waals surface area contributed by atoms with Crippen molar-refractivity contribution in [1.29, 1.82) is 0 Å². The largest absolute Gasteiger partial charge is 0.465 e. The van der Waals surface area contributed by atoms with E-state index < -0.39 is 23.9 Å². The van der Waals surface area contributed by atoms with Crippen molar-refractivity contribution in [2.75, 3.05) is 11.4 Å². The number of aromatic nitrogens is 2. The number of nitrogens with zero attached hydrogens (tertiary/aromatic N) is 3. The third-order valence-corrected chi connectivity index (χ3v) is 3.57. The average Bonchev–Trinajstić information content (AvgIpc) is 2.96. The van der Waals surface area contributed by atoms with Crippen LogP contribution in [0.1, 0.15) is 6.42 Å². The molecule has 3 rings (SSSR count). The maximum absolute atomic E-state index is 14.4. The number of benzene rings is 1. The zero-order valence-corrected chi connectivity index (χ0v) is 11.9. The van der Waals surface area contributed by atoms with E-state index in [4.69, 9.17) is 0 Å². The number of amides is 2. The maximum Gasteiger partial charge on any atom is 0.412 e. The van der Waals surface area contributed by atoms with E-state index in [2.05, 4.69) is 15.3 Å². The summed E-state index contributed by atoms with van der Waals surface area (Å²) in [5.74, 6) is -0.849. The Hall–Kier alpha value is -3.03. The minimum Gasteiger partial charge on any atom is -0.465 e. The molecule has 1 aliphatic rings. The second-order valence-electron chi connectivity index (χ2n) is 4.99. The predicted octanol–water partition coefficient (Wildman–Crippen LogP) is 1.66. The van der Waals surface area contributed by atoms with Gasteiger partial charge in [0.2, 0.25) is 5.91 Å². The first kappa shape index (κ1) is 14.9. The number of hydrogen-bond donors (Lipinski definition) is 2. The SMILES string of the molecule is O=C1NCCC1N(C(=O)O)c1ccc(-c2ncccn2)cc1F. The summed E-state index contributed by atoms with van der Waals surface area (Å²) in [6.45, 7) is 0.366. The lowest BCUT2D eigenvalue weighted by atomic mass is 10.1. The van der Waals surface area contributed by atoms with E-state index in [0.717, 1.165) is 11.0 Å². The van der Waals surface area contributed by atoms with Gasteiger partial charge in [-0.3, -0.25) is 9.69 Å². The summed E-state index contributed by atoms with van der Waals surface area (Å²) in [5, 5.41) is 11.9. The van der Waals surface area contributed by atoms with E-state index in [1.807, 2.05) is 0 Å². The summed E-state index contributed by atoms with van der Waals surface area (Å²) in [4.78, 5) is 32.0. The highest BCUT2D eigenvalue weighted by Gasteiger charge is 2.35. The molecule has 1 saturated heterocycles. The van der Waals surface area contributed by atoms with Crippen LogP contribution < -0.4 is 10.2 Å². The van der Waals surface area contributed by atoms with Crippen molar-refractivity contribution in [2.24, 2.45) is 0 Å². The highest BCUT2D eigenvalue weighted by atomic mass is 19.1. The van der Waals surface area contributed by atoms with Crippen LogP contribution in [0.4, 0.5) is 14.9 Å². The molecule has 23 heavy (non-hydrogen) atoms. The number of carboxylic acid groups (broad SMARTS) is 1. The molecule has 2 aromatic rings. The highest BCUT2D eigenvalue weighted by Crippen LogP contribution is 2.27. The average molecular weight is 316 g/mol. The number of carbonyl (C=O) groups excluding carboxylic acids is 1. The zero-order valence-electron chi connectivity index (χ0n) is 11.9. The van der Waals surface area contributed by atoms with Crippen LogP contribution in [-0.4, -0.2) is 39.7 Å². The molecule has 1 fully saturated rings. The fraction of sp³-hybridized carbons (Fsp3) is 0.200. The standard InChI is InChI=1S/C15H13FN4O3/c16-10-8-9(13-17-5-1-6-18-13)2-3-11(10)20(15(22)23)12-4-7-19-14(12)21/h1-3,5-6,8,12H,4,7H2,(H,19,21)(H,22,23). The Balaban J connectivity index is 1.98. The van der Waals surface area contributed by atoms with E-state index in [-0.39, 0.29) is 5.69 Å². The molecule has 1 aliphatic heterocycles. The molecule has 1 aromatic heterocycles. The lowest BCUT2D eigenvalue weighted by molar-refractivity contribution is -0.120. The molecule has 2 amide bonds. The predicted molar refractivity (Wildman–Crippen MR) is 79.3 cm³/mol. The fourth-order valence-corrected chi connectivity index (χ4v) is 2.52. The first-order valence-corrected chi connectivity index (χ1v) is 6.95. The van der Waals surface area contributed by atoms with Gasteiger partial charge in [0.25, 0.3) is 0 Å². The van der Waals surface area contributed by atoms with Gasteiger partial charge in [0.05, 0.1) is 5.69 Å². The van der Waals surface area contributed by atoms with Crippen molar-refractivity contribution < 1.29 is 19.1 Å². The fourth-order valence-electron chi connectivity index (χ4n) is 2.52. The van der Waals surface area contributed by atoms with Gasteiger partial charge in [-0.05, 0) is 30.7 Å². The Morgan fingerprint density at radius 1 is 1.35 bits per heavy atom. The number of nitrogens with one attached hydrogen (secondary N) is 1. The molecule has 2 N–H and O–H groups in total. The Labute approximate surface area is 130 Å². The minimum absolute atomic E-state index is 0.167. The molecule has 8 heteroatoms. The van der Waals surface area contributed by atoms with Crippen LogP contribution in [-0.2, 0) is 4.79 Å². The molecule has 2 heterocycles. The normalized spacial score (nSPS) is 16.9. The van der Waals surface area contributed by atoms with Gasteiger partial charge in [-0.1, -0.05) is 0 Å². The van der Waals surface area contributed by atoms with E-state index in [9.17, 15) is 19.1 Å². The van der Waals surface area contributed by atoms with Crippen molar-refractivity contribution in [2.45, 2.75) is 12.5 Å². The third kappa shape index (κ3) is 2.83. The number of hydrogen-bond acceptors (Lipinski definition) is 4. The van der Waals surface area contributed by atoms with Crippen LogP contribution >= 0.6 is 0 Å². The molecule has 0 bridgehead atoms. The number of rotatable bonds is 3.